The summed E-state index contributed by atoms with van der Waals surface area (Å²) in [5.41, 5.74) is 4.30. The Hall–Kier alpha value is -2.06. The molecule has 0 aliphatic carbocycles. The summed E-state index contributed by atoms with van der Waals surface area (Å²) in [7, 11) is 10.3. The summed E-state index contributed by atoms with van der Waals surface area (Å²) >= 11 is 0. The maximum Gasteiger partial charge on any atom is 0.410 e. The molecule has 0 bridgehead atoms. The van der Waals surface area contributed by atoms with E-state index in [4.69, 9.17) is 48.5 Å². The number of ketones is 1. The summed E-state index contributed by atoms with van der Waals surface area (Å²) in [6.45, 7) is 26.9. The number of likely N-dealkylation sites (N-methyl/N-ethyl adjacent to an activating group) is 2. The van der Waals surface area contributed by atoms with Crippen LogP contribution in [-0.4, -0.2) is 197 Å². The van der Waals surface area contributed by atoms with Crippen LogP contribution in [0, 0.1) is 0 Å². The third kappa shape index (κ3) is 43.5. The molecule has 2 N–H and O–H groups in total. The molecular weight excluding hydrogens is 989 g/mol. The summed E-state index contributed by atoms with van der Waals surface area (Å²) in [5.74, 6) is -1.10. The Morgan fingerprint density at radius 1 is 0.543 bits per heavy atom. The lowest BCUT2D eigenvalue weighted by molar-refractivity contribution is -0.197. The second-order valence-corrected chi connectivity index (χ2v) is 25.2. The Morgan fingerprint density at radius 3 is 1.27 bits per heavy atom. The Morgan fingerprint density at radius 2 is 0.900 bits per heavy atom. The van der Waals surface area contributed by atoms with E-state index in [2.05, 4.69) is 20.1 Å². The molecular formula is C47H90N4O15S4. The SMILES string of the molecule is CN(CCOCCOCCOCCN)C(=O)OC(C)(C)C.CSSC(C)(C)CCC(=O)CCCOCCOCCOCCN(C)C(=O)OC(C)(C)C.CSSC(C)(C)CCC(=O)ON1C(=O)CCC1=O. The first-order valence-corrected chi connectivity index (χ1v) is 28.9. The summed E-state index contributed by atoms with van der Waals surface area (Å²) in [4.78, 5) is 77.2. The van der Waals surface area contributed by atoms with Crippen LogP contribution in [0.2, 0.25) is 0 Å². The molecule has 23 heteroatoms. The van der Waals surface area contributed by atoms with Gasteiger partial charge in [-0.2, -0.15) is 0 Å². The minimum absolute atomic E-state index is 0.0442. The number of nitrogens with zero attached hydrogens (tertiary/aromatic N) is 3. The lowest BCUT2D eigenvalue weighted by Gasteiger charge is -2.24. The van der Waals surface area contributed by atoms with E-state index >= 15 is 0 Å². The summed E-state index contributed by atoms with van der Waals surface area (Å²) in [6, 6.07) is 0. The van der Waals surface area contributed by atoms with Crippen LogP contribution < -0.4 is 5.73 Å². The van der Waals surface area contributed by atoms with Gasteiger partial charge >= 0.3 is 18.2 Å². The molecule has 0 atom stereocenters. The average Bonchev–Trinajstić information content (AvgIpc) is 3.57. The molecule has 0 aromatic carbocycles. The number of imide groups is 1. The average molecular weight is 1080 g/mol. The Balaban J connectivity index is 0. The van der Waals surface area contributed by atoms with Crippen LogP contribution >= 0.6 is 43.2 Å². The highest BCUT2D eigenvalue weighted by Crippen LogP contribution is 2.38. The van der Waals surface area contributed by atoms with Gasteiger partial charge in [-0.15, -0.1) is 5.06 Å². The minimum Gasteiger partial charge on any atom is -0.444 e. The first kappa shape index (κ1) is 70.0. The van der Waals surface area contributed by atoms with Gasteiger partial charge in [0.2, 0.25) is 0 Å². The molecule has 0 aromatic heterocycles. The van der Waals surface area contributed by atoms with Crippen LogP contribution in [0.25, 0.3) is 0 Å². The number of rotatable bonds is 35. The van der Waals surface area contributed by atoms with Crippen molar-refractivity contribution in [1.29, 1.82) is 0 Å². The smallest absolute Gasteiger partial charge is 0.410 e. The van der Waals surface area contributed by atoms with Crippen molar-refractivity contribution in [3.8, 4) is 0 Å². The molecule has 0 aromatic rings. The van der Waals surface area contributed by atoms with Crippen molar-refractivity contribution in [3.63, 3.8) is 0 Å². The number of hydrogen-bond acceptors (Lipinski definition) is 20. The van der Waals surface area contributed by atoms with Gasteiger partial charge in [0.05, 0.1) is 72.7 Å². The maximum atomic E-state index is 12.0. The van der Waals surface area contributed by atoms with Gasteiger partial charge in [-0.05, 0) is 101 Å². The number of ether oxygens (including phenoxy) is 8. The van der Waals surface area contributed by atoms with E-state index in [0.717, 1.165) is 12.8 Å². The van der Waals surface area contributed by atoms with Gasteiger partial charge < -0.3 is 58.3 Å². The van der Waals surface area contributed by atoms with Crippen molar-refractivity contribution < 1.29 is 71.5 Å². The number of nitrogens with two attached hydrogens (primary N) is 1. The molecule has 0 saturated carbocycles. The predicted octanol–water partition coefficient (Wildman–Crippen LogP) is 7.85. The van der Waals surface area contributed by atoms with Crippen LogP contribution in [0.5, 0.6) is 0 Å². The maximum absolute atomic E-state index is 12.0. The fourth-order valence-electron chi connectivity index (χ4n) is 5.11. The molecule has 0 spiro atoms. The second-order valence-electron chi connectivity index (χ2n) is 19.0. The highest BCUT2D eigenvalue weighted by Gasteiger charge is 2.33. The van der Waals surface area contributed by atoms with E-state index in [-0.39, 0.29) is 40.9 Å². The zero-order valence-corrected chi connectivity index (χ0v) is 48.2. The molecule has 1 saturated heterocycles. The Bertz CT molecular complexity index is 1440. The molecule has 4 amide bonds. The van der Waals surface area contributed by atoms with Gasteiger partial charge in [-0.1, -0.05) is 43.2 Å². The molecule has 1 aliphatic heterocycles. The van der Waals surface area contributed by atoms with Crippen molar-refractivity contribution in [2.75, 3.05) is 126 Å². The van der Waals surface area contributed by atoms with Gasteiger partial charge in [0, 0.05) is 81.9 Å². The highest BCUT2D eigenvalue weighted by molar-refractivity contribution is 8.77. The first-order chi connectivity index (χ1) is 32.7. The number of Topliss-reactive ketones (excluding diaryl/α,β-unsaturated/α-hetero) is 1. The molecule has 70 heavy (non-hydrogen) atoms. The number of hydrogen-bond donors (Lipinski definition) is 1. The monoisotopic (exact) mass is 1080 g/mol. The summed E-state index contributed by atoms with van der Waals surface area (Å²) < 4.78 is 42.9. The number of carbonyl (C=O) groups is 6. The molecule has 0 radical (unpaired) electrons. The van der Waals surface area contributed by atoms with Gasteiger partial charge in [0.1, 0.15) is 17.0 Å². The standard InChI is InChI=1S/C22H43NO6S2.C14H30N2O5.C11H17NO4S2/c1-21(2,3)29-20(25)23(6)12-14-27-16-18-28-17-15-26-13-8-9-19(24)10-11-22(4,5)31-30-7;1-14(2,3)21-13(17)16(4)6-8-19-10-12-20-11-9-18-7-5-15;1-11(2,18-17-3)7-6-10(15)16-12-8(13)4-5-9(12)14/h8-18H2,1-7H3;5-12,15H2,1-4H3;4-7H2,1-3H3. The predicted molar refractivity (Wildman–Crippen MR) is 282 cm³/mol. The van der Waals surface area contributed by atoms with E-state index < -0.39 is 29.0 Å². The highest BCUT2D eigenvalue weighted by atomic mass is 33.1. The van der Waals surface area contributed by atoms with E-state index in [1.807, 2.05) is 72.4 Å². The van der Waals surface area contributed by atoms with Crippen LogP contribution in [-0.2, 0) is 61.9 Å². The largest absolute Gasteiger partial charge is 0.444 e. The minimum atomic E-state index is -0.534. The molecule has 412 valence electrons. The van der Waals surface area contributed by atoms with E-state index in [1.165, 1.54) is 9.80 Å². The van der Waals surface area contributed by atoms with Crippen molar-refractivity contribution in [3.05, 3.63) is 0 Å². The van der Waals surface area contributed by atoms with Crippen molar-refractivity contribution in [2.45, 2.75) is 141 Å². The zero-order valence-electron chi connectivity index (χ0n) is 44.9. The van der Waals surface area contributed by atoms with Crippen LogP contribution in [0.15, 0.2) is 0 Å². The van der Waals surface area contributed by atoms with Gasteiger partial charge in [0.15, 0.2) is 0 Å². The number of hydroxylamine groups is 2. The summed E-state index contributed by atoms with van der Waals surface area (Å²) in [6.07, 6.45) is 7.29. The molecule has 19 nitrogen and oxygen atoms in total. The normalized spacial score (nSPS) is 13.0. The van der Waals surface area contributed by atoms with Crippen LogP contribution in [0.3, 0.4) is 0 Å². The van der Waals surface area contributed by atoms with Gasteiger partial charge in [-0.3, -0.25) is 14.4 Å². The Kier molecular flexibility index (Phi) is 40.4. The van der Waals surface area contributed by atoms with E-state index in [1.54, 1.807) is 46.5 Å². The van der Waals surface area contributed by atoms with E-state index in [9.17, 15) is 28.8 Å². The third-order valence-electron chi connectivity index (χ3n) is 8.80. The molecule has 1 heterocycles. The van der Waals surface area contributed by atoms with Crippen molar-refractivity contribution in [1.82, 2.24) is 14.9 Å². The molecule has 1 rings (SSSR count). The fourth-order valence-corrected chi connectivity index (χ4v) is 9.59. The topological polar surface area (TPSA) is 221 Å². The van der Waals surface area contributed by atoms with Crippen LogP contribution in [0.4, 0.5) is 9.59 Å². The van der Waals surface area contributed by atoms with Gasteiger partial charge in [0.25, 0.3) is 11.8 Å². The zero-order chi connectivity index (χ0) is 53.7. The first-order valence-electron chi connectivity index (χ1n) is 23.8. The van der Waals surface area contributed by atoms with Crippen molar-refractivity contribution >= 4 is 78.9 Å². The fraction of sp³-hybridized carbons (Fsp3) is 0.872. The number of carbonyl (C=O) groups excluding carboxylic acids is 6. The Labute approximate surface area is 435 Å². The quantitative estimate of drug-likeness (QED) is 0.0363. The van der Waals surface area contributed by atoms with Crippen LogP contribution in [0.1, 0.15) is 121 Å². The molecule has 1 aliphatic rings. The van der Waals surface area contributed by atoms with E-state index in [0.29, 0.717) is 129 Å². The second kappa shape index (κ2) is 40.3. The van der Waals surface area contributed by atoms with Crippen molar-refractivity contribution in [2.24, 2.45) is 5.73 Å². The lowest BCUT2D eigenvalue weighted by atomic mass is 10.0. The summed E-state index contributed by atoms with van der Waals surface area (Å²) in [5, 5.41) is 0.594. The lowest BCUT2D eigenvalue weighted by Crippen LogP contribution is -2.36. The third-order valence-corrected chi connectivity index (χ3v) is 14.2. The molecule has 1 fully saturated rings. The molecule has 0 unspecified atom stereocenters. The number of amides is 4. The van der Waals surface area contributed by atoms with Gasteiger partial charge in [-0.25, -0.2) is 14.4 Å².